The Bertz CT molecular complexity index is 318. The van der Waals surface area contributed by atoms with Crippen molar-refractivity contribution >= 4 is 9.76 Å². The molecule has 0 saturated heterocycles. The fraction of sp³-hybridized carbons (Fsp3) is 0.538. The summed E-state index contributed by atoms with van der Waals surface area (Å²) in [5.74, 6) is 0. The molecule has 0 aliphatic rings. The molecule has 0 aromatic heterocycles. The zero-order valence-corrected chi connectivity index (χ0v) is 14.2. The maximum Gasteiger partial charge on any atom is 0.306 e. The molecule has 0 rings (SSSR count). The van der Waals surface area contributed by atoms with E-state index >= 15 is 0 Å². The highest BCUT2D eigenvalue weighted by atomic mass is 28.2. The lowest BCUT2D eigenvalue weighted by atomic mass is 10.3. The molecule has 0 atom stereocenters. The van der Waals surface area contributed by atoms with E-state index in [0.29, 0.717) is 0 Å². The number of hydroxylamine groups is 2. The van der Waals surface area contributed by atoms with Crippen LogP contribution in [0.3, 0.4) is 0 Å². The molecule has 6 heteroatoms. The maximum absolute atomic E-state index is 5.46. The minimum Gasteiger partial charge on any atom is -0.371 e. The number of nitrogens with one attached hydrogen (secondary N) is 2. The Hall–Kier alpha value is -1.08. The third-order valence-electron chi connectivity index (χ3n) is 2.47. The van der Waals surface area contributed by atoms with E-state index in [1.165, 1.54) is 0 Å². The Morgan fingerprint density at radius 3 is 1.68 bits per heavy atom. The summed E-state index contributed by atoms with van der Waals surface area (Å²) in [6, 6.07) is 0. The Morgan fingerprint density at radius 2 is 1.37 bits per heavy atom. The molecule has 2 N–H and O–H groups in total. The smallest absolute Gasteiger partial charge is 0.306 e. The molecule has 0 aromatic rings. The van der Waals surface area contributed by atoms with Crippen LogP contribution in [-0.2, 0) is 14.1 Å². The third kappa shape index (κ3) is 8.60. The van der Waals surface area contributed by atoms with Gasteiger partial charge in [0.2, 0.25) is 0 Å². The Balaban J connectivity index is 4.35. The summed E-state index contributed by atoms with van der Waals surface area (Å²) < 4.78 is 5.46. The van der Waals surface area contributed by atoms with E-state index in [9.17, 15) is 0 Å². The van der Waals surface area contributed by atoms with Gasteiger partial charge in [0.15, 0.2) is 9.76 Å². The Morgan fingerprint density at radius 1 is 0.947 bits per heavy atom. The number of allylic oxidation sites excluding steroid dienone is 4. The topological polar surface area (TPSA) is 51.8 Å². The van der Waals surface area contributed by atoms with Crippen molar-refractivity contribution in [3.63, 3.8) is 0 Å². The van der Waals surface area contributed by atoms with E-state index in [2.05, 4.69) is 17.5 Å². The van der Waals surface area contributed by atoms with Gasteiger partial charge in [-0.3, -0.25) is 11.0 Å². The van der Waals surface area contributed by atoms with Gasteiger partial charge in [0.05, 0.1) is 0 Å². The Kier molecular flexibility index (Phi) is 9.24. The van der Waals surface area contributed by atoms with E-state index in [-0.39, 0.29) is 0 Å². The van der Waals surface area contributed by atoms with Crippen molar-refractivity contribution in [2.75, 3.05) is 0 Å². The second kappa shape index (κ2) is 9.80. The molecule has 0 aliphatic carbocycles. The van der Waals surface area contributed by atoms with Gasteiger partial charge in [0, 0.05) is 11.4 Å². The molecule has 0 heterocycles. The monoisotopic (exact) mass is 286 g/mol. The fourth-order valence-corrected chi connectivity index (χ4v) is 1.15. The normalized spacial score (nSPS) is 10.7. The molecule has 0 amide bonds. The minimum absolute atomic E-state index is 0.812. The van der Waals surface area contributed by atoms with Crippen LogP contribution >= 0.6 is 0 Å². The first-order valence-electron chi connectivity index (χ1n) is 6.22. The lowest BCUT2D eigenvalue weighted by Crippen LogP contribution is -2.33. The molecule has 0 bridgehead atoms. The maximum atomic E-state index is 5.46. The van der Waals surface area contributed by atoms with E-state index in [1.54, 1.807) is 5.70 Å². The largest absolute Gasteiger partial charge is 0.371 e. The van der Waals surface area contributed by atoms with Gasteiger partial charge >= 0.3 is 6.48 Å². The number of hydrogen-bond donors (Lipinski definition) is 2. The van der Waals surface area contributed by atoms with Gasteiger partial charge in [-0.25, -0.2) is 9.68 Å². The van der Waals surface area contributed by atoms with Gasteiger partial charge in [-0.15, -0.1) is 6.58 Å². The molecule has 5 nitrogen and oxygen atoms in total. The molecular weight excluding hydrogens is 260 g/mol. The van der Waals surface area contributed by atoms with Crippen LogP contribution in [0.15, 0.2) is 34.8 Å². The van der Waals surface area contributed by atoms with Crippen LogP contribution in [0.1, 0.15) is 41.5 Å². The van der Waals surface area contributed by atoms with Crippen LogP contribution in [0.2, 0.25) is 0 Å². The SMILES string of the molecule is C=C[SiH2]OC(ONC(C)=C(C)C)ONC(C)=C(C)C. The average Bonchev–Trinajstić information content (AvgIpc) is 2.36. The van der Waals surface area contributed by atoms with Crippen molar-refractivity contribution in [1.82, 2.24) is 11.0 Å². The zero-order valence-electron chi connectivity index (χ0n) is 12.8. The highest BCUT2D eigenvalue weighted by Crippen LogP contribution is 2.02. The van der Waals surface area contributed by atoms with Gasteiger partial charge in [-0.2, -0.15) is 0 Å². The van der Waals surface area contributed by atoms with Gasteiger partial charge in [-0.05, 0) is 41.5 Å². The second-order valence-corrected chi connectivity index (χ2v) is 5.84. The summed E-state index contributed by atoms with van der Waals surface area (Å²) in [7, 11) is -0.852. The molecule has 0 fully saturated rings. The minimum atomic E-state index is -0.852. The van der Waals surface area contributed by atoms with Crippen molar-refractivity contribution in [2.45, 2.75) is 48.0 Å². The average molecular weight is 286 g/mol. The molecule has 0 unspecified atom stereocenters. The van der Waals surface area contributed by atoms with E-state index in [1.807, 2.05) is 41.5 Å². The van der Waals surface area contributed by atoms with E-state index in [4.69, 9.17) is 14.1 Å². The first-order chi connectivity index (χ1) is 8.88. The first-order valence-corrected chi connectivity index (χ1v) is 7.61. The van der Waals surface area contributed by atoms with E-state index < -0.39 is 16.2 Å². The van der Waals surface area contributed by atoms with Crippen LogP contribution in [0, 0.1) is 0 Å². The molecule has 19 heavy (non-hydrogen) atoms. The van der Waals surface area contributed by atoms with Crippen molar-refractivity contribution in [2.24, 2.45) is 0 Å². The van der Waals surface area contributed by atoms with Crippen molar-refractivity contribution < 1.29 is 14.1 Å². The van der Waals surface area contributed by atoms with Gasteiger partial charge in [0.1, 0.15) is 0 Å². The number of hydrogen-bond acceptors (Lipinski definition) is 5. The molecule has 0 aliphatic heterocycles. The predicted octanol–water partition coefficient (Wildman–Crippen LogP) is 2.18. The third-order valence-corrected chi connectivity index (χ3v) is 3.17. The molecule has 0 radical (unpaired) electrons. The lowest BCUT2D eigenvalue weighted by molar-refractivity contribution is -0.290. The molecule has 0 aromatic carbocycles. The summed E-state index contributed by atoms with van der Waals surface area (Å²) in [5.41, 5.74) is 11.5. The van der Waals surface area contributed by atoms with Crippen LogP contribution in [0.25, 0.3) is 0 Å². The summed E-state index contributed by atoms with van der Waals surface area (Å²) >= 11 is 0. The molecule has 110 valence electrons. The van der Waals surface area contributed by atoms with Gasteiger partial charge in [0.25, 0.3) is 0 Å². The van der Waals surface area contributed by atoms with Crippen molar-refractivity contribution in [3.05, 3.63) is 34.8 Å². The van der Waals surface area contributed by atoms with Crippen LogP contribution in [-0.4, -0.2) is 16.2 Å². The molecule has 0 spiro atoms. The van der Waals surface area contributed by atoms with Gasteiger partial charge in [-0.1, -0.05) is 16.8 Å². The highest BCUT2D eigenvalue weighted by molar-refractivity contribution is 6.34. The standard InChI is InChI=1S/C13H26N2O3Si/c1-8-19-18-13(16-14-11(6)9(2)3)17-15-12(7)10(4)5/h8,13-15H,1,19H2,2-7H3. The second-order valence-electron chi connectivity index (χ2n) is 4.60. The first kappa shape index (κ1) is 17.9. The van der Waals surface area contributed by atoms with E-state index in [0.717, 1.165) is 22.5 Å². The summed E-state index contributed by atoms with van der Waals surface area (Å²) in [4.78, 5) is 10.7. The lowest BCUT2D eigenvalue weighted by Gasteiger charge is -2.20. The molecular formula is C13H26N2O3Si. The van der Waals surface area contributed by atoms with Crippen LogP contribution < -0.4 is 11.0 Å². The summed E-state index contributed by atoms with van der Waals surface area (Å²) in [5, 5.41) is 0. The quantitative estimate of drug-likeness (QED) is 0.386. The highest BCUT2D eigenvalue weighted by Gasteiger charge is 2.10. The fourth-order valence-electron chi connectivity index (χ4n) is 0.716. The zero-order chi connectivity index (χ0) is 14.8. The van der Waals surface area contributed by atoms with Crippen molar-refractivity contribution in [1.29, 1.82) is 0 Å². The van der Waals surface area contributed by atoms with Gasteiger partial charge < -0.3 is 4.43 Å². The summed E-state index contributed by atoms with van der Waals surface area (Å²) in [6.07, 6.45) is 0. The molecule has 0 saturated carbocycles. The van der Waals surface area contributed by atoms with Crippen molar-refractivity contribution in [3.8, 4) is 0 Å². The summed E-state index contributed by atoms with van der Waals surface area (Å²) in [6.45, 7) is 14.6. The Labute approximate surface area is 118 Å². The van der Waals surface area contributed by atoms with Crippen LogP contribution in [0.5, 0.6) is 0 Å². The predicted molar refractivity (Wildman–Crippen MR) is 80.2 cm³/mol. The number of rotatable bonds is 9. The van der Waals surface area contributed by atoms with Crippen LogP contribution in [0.4, 0.5) is 0 Å².